The van der Waals surface area contributed by atoms with Crippen LogP contribution in [0.1, 0.15) is 21.5 Å². The van der Waals surface area contributed by atoms with Crippen LogP contribution in [0.15, 0.2) is 66.9 Å². The summed E-state index contributed by atoms with van der Waals surface area (Å²) >= 11 is 0. The van der Waals surface area contributed by atoms with Crippen LogP contribution < -0.4 is 10.6 Å². The Morgan fingerprint density at radius 2 is 1.41 bits per heavy atom. The molecule has 0 aliphatic rings. The largest absolute Gasteiger partial charge is 0.452 e. The van der Waals surface area contributed by atoms with E-state index in [-0.39, 0.29) is 22.8 Å². The van der Waals surface area contributed by atoms with Gasteiger partial charge in [0, 0.05) is 17.6 Å². The van der Waals surface area contributed by atoms with Crippen molar-refractivity contribution in [2.45, 2.75) is 12.4 Å². The lowest BCUT2D eigenvalue weighted by Gasteiger charge is -2.13. The van der Waals surface area contributed by atoms with Gasteiger partial charge in [-0.3, -0.25) is 4.79 Å². The van der Waals surface area contributed by atoms with Gasteiger partial charge >= 0.3 is 18.3 Å². The van der Waals surface area contributed by atoms with Crippen molar-refractivity contribution >= 4 is 29.1 Å². The van der Waals surface area contributed by atoms with Crippen LogP contribution in [0.5, 0.6) is 0 Å². The molecule has 0 fully saturated rings. The number of nitrogens with one attached hydrogen (secondary N) is 2. The fraction of sp³-hybridized carbons (Fsp3) is 0.136. The molecule has 3 rings (SSSR count). The third-order valence-corrected chi connectivity index (χ3v) is 4.29. The number of alkyl halides is 6. The minimum absolute atomic E-state index is 0.00450. The zero-order chi connectivity index (χ0) is 24.9. The molecule has 0 spiro atoms. The molecule has 178 valence electrons. The molecule has 2 N–H and O–H groups in total. The van der Waals surface area contributed by atoms with Crippen molar-refractivity contribution in [1.29, 1.82) is 0 Å². The van der Waals surface area contributed by atoms with Gasteiger partial charge in [0.2, 0.25) is 0 Å². The Bertz CT molecular complexity index is 1190. The van der Waals surface area contributed by atoms with E-state index in [1.807, 2.05) is 0 Å². The summed E-state index contributed by atoms with van der Waals surface area (Å²) in [5.74, 6) is -2.05. The summed E-state index contributed by atoms with van der Waals surface area (Å²) < 4.78 is 81.9. The third-order valence-electron chi connectivity index (χ3n) is 4.29. The highest BCUT2D eigenvalue weighted by Crippen LogP contribution is 2.32. The minimum atomic E-state index is -4.60. The summed E-state index contributed by atoms with van der Waals surface area (Å²) in [4.78, 5) is 28.3. The van der Waals surface area contributed by atoms with Crippen molar-refractivity contribution in [3.05, 3.63) is 83.6 Å². The zero-order valence-electron chi connectivity index (χ0n) is 17.0. The van der Waals surface area contributed by atoms with Gasteiger partial charge < -0.3 is 15.4 Å². The number of anilines is 3. The molecule has 34 heavy (non-hydrogen) atoms. The number of halogens is 6. The van der Waals surface area contributed by atoms with Gasteiger partial charge in [-0.1, -0.05) is 12.1 Å². The number of esters is 1. The van der Waals surface area contributed by atoms with Gasteiger partial charge in [-0.2, -0.15) is 26.3 Å². The molecule has 0 saturated carbocycles. The average molecular weight is 483 g/mol. The predicted octanol–water partition coefficient (Wildman–Crippen LogP) is 5.66. The molecule has 0 saturated heterocycles. The van der Waals surface area contributed by atoms with Gasteiger partial charge in [0.05, 0.1) is 11.1 Å². The summed E-state index contributed by atoms with van der Waals surface area (Å²) in [5.41, 5.74) is -2.20. The standard InChI is InChI=1S/C22H15F6N3O3/c23-21(24,25)13-4-1-6-15(10-13)30-18(32)12-34-20(33)17-8-3-9-29-19(17)31-16-7-2-5-14(11-16)22(26,27)28/h1-11H,12H2,(H,29,31)(H,30,32). The Hall–Kier alpha value is -4.09. The van der Waals surface area contributed by atoms with E-state index in [2.05, 4.69) is 15.6 Å². The summed E-state index contributed by atoms with van der Waals surface area (Å²) in [6.07, 6.45) is -7.89. The highest BCUT2D eigenvalue weighted by Gasteiger charge is 2.31. The van der Waals surface area contributed by atoms with E-state index in [1.165, 1.54) is 36.5 Å². The maximum absolute atomic E-state index is 12.9. The first-order valence-corrected chi connectivity index (χ1v) is 9.47. The first kappa shape index (κ1) is 24.6. The lowest BCUT2D eigenvalue weighted by Crippen LogP contribution is -2.21. The quantitative estimate of drug-likeness (QED) is 0.350. The molecular formula is C22H15F6N3O3. The lowest BCUT2D eigenvalue weighted by atomic mass is 10.2. The van der Waals surface area contributed by atoms with E-state index >= 15 is 0 Å². The maximum atomic E-state index is 12.9. The Labute approximate surface area is 188 Å². The predicted molar refractivity (Wildman–Crippen MR) is 109 cm³/mol. The SMILES string of the molecule is O=C(COC(=O)c1cccnc1Nc1cccc(C(F)(F)F)c1)Nc1cccc(C(F)(F)F)c1. The molecule has 0 atom stereocenters. The molecule has 0 unspecified atom stereocenters. The van der Waals surface area contributed by atoms with Crippen LogP contribution in [-0.2, 0) is 21.9 Å². The molecule has 0 bridgehead atoms. The lowest BCUT2D eigenvalue weighted by molar-refractivity contribution is -0.138. The monoisotopic (exact) mass is 483 g/mol. The number of amides is 1. The topological polar surface area (TPSA) is 80.3 Å². The van der Waals surface area contributed by atoms with Crippen LogP contribution in [0.25, 0.3) is 0 Å². The number of pyridine rings is 1. The van der Waals surface area contributed by atoms with E-state index in [1.54, 1.807) is 0 Å². The molecule has 1 heterocycles. The number of nitrogens with zero attached hydrogens (tertiary/aromatic N) is 1. The van der Waals surface area contributed by atoms with Gasteiger partial charge in [-0.05, 0) is 48.5 Å². The fourth-order valence-corrected chi connectivity index (χ4v) is 2.76. The number of carbonyl (C=O) groups excluding carboxylic acids is 2. The third kappa shape index (κ3) is 6.47. The van der Waals surface area contributed by atoms with Crippen LogP contribution >= 0.6 is 0 Å². The van der Waals surface area contributed by atoms with Crippen molar-refractivity contribution in [2.24, 2.45) is 0 Å². The molecule has 1 aromatic heterocycles. The second kappa shape index (κ2) is 9.81. The van der Waals surface area contributed by atoms with Crippen LogP contribution in [0.2, 0.25) is 0 Å². The number of aromatic nitrogens is 1. The highest BCUT2D eigenvalue weighted by molar-refractivity contribution is 5.98. The number of carbonyl (C=O) groups is 2. The van der Waals surface area contributed by atoms with Crippen molar-refractivity contribution in [1.82, 2.24) is 4.98 Å². The summed E-state index contributed by atoms with van der Waals surface area (Å²) in [6, 6.07) is 10.7. The molecule has 1 amide bonds. The van der Waals surface area contributed by atoms with Crippen molar-refractivity contribution in [2.75, 3.05) is 17.2 Å². The van der Waals surface area contributed by atoms with E-state index in [4.69, 9.17) is 4.74 Å². The van der Waals surface area contributed by atoms with Gasteiger partial charge in [0.15, 0.2) is 6.61 Å². The summed E-state index contributed by atoms with van der Waals surface area (Å²) in [5, 5.41) is 4.78. The Morgan fingerprint density at radius 1 is 0.824 bits per heavy atom. The van der Waals surface area contributed by atoms with Crippen molar-refractivity contribution < 1.29 is 40.7 Å². The smallest absolute Gasteiger partial charge is 0.416 e. The molecule has 2 aromatic carbocycles. The van der Waals surface area contributed by atoms with Gasteiger partial charge in [-0.15, -0.1) is 0 Å². The number of hydrogen-bond donors (Lipinski definition) is 2. The van der Waals surface area contributed by atoms with Gasteiger partial charge in [0.1, 0.15) is 11.4 Å². The van der Waals surface area contributed by atoms with Gasteiger partial charge in [-0.25, -0.2) is 9.78 Å². The van der Waals surface area contributed by atoms with E-state index < -0.39 is 42.0 Å². The van der Waals surface area contributed by atoms with Gasteiger partial charge in [0.25, 0.3) is 5.91 Å². The highest BCUT2D eigenvalue weighted by atomic mass is 19.4. The first-order valence-electron chi connectivity index (χ1n) is 9.47. The van der Waals surface area contributed by atoms with E-state index in [9.17, 15) is 35.9 Å². The fourth-order valence-electron chi connectivity index (χ4n) is 2.76. The second-order valence-corrected chi connectivity index (χ2v) is 6.81. The summed E-state index contributed by atoms with van der Waals surface area (Å²) in [6.45, 7) is -0.826. The van der Waals surface area contributed by atoms with E-state index in [0.717, 1.165) is 30.3 Å². The number of hydrogen-bond acceptors (Lipinski definition) is 5. The molecule has 12 heteroatoms. The van der Waals surface area contributed by atoms with Crippen LogP contribution in [0.4, 0.5) is 43.5 Å². The molecule has 0 aliphatic carbocycles. The first-order chi connectivity index (χ1) is 15.9. The maximum Gasteiger partial charge on any atom is 0.416 e. The molecule has 6 nitrogen and oxygen atoms in total. The molecule has 0 aliphatic heterocycles. The molecular weight excluding hydrogens is 468 g/mol. The number of rotatable bonds is 6. The Morgan fingerprint density at radius 3 is 2.03 bits per heavy atom. The second-order valence-electron chi connectivity index (χ2n) is 6.81. The minimum Gasteiger partial charge on any atom is -0.452 e. The summed E-state index contributed by atoms with van der Waals surface area (Å²) in [7, 11) is 0. The van der Waals surface area contributed by atoms with Crippen LogP contribution in [0.3, 0.4) is 0 Å². The Kier molecular flexibility index (Phi) is 7.08. The average Bonchev–Trinajstić information content (AvgIpc) is 2.77. The Balaban J connectivity index is 1.66. The zero-order valence-corrected chi connectivity index (χ0v) is 17.0. The van der Waals surface area contributed by atoms with Crippen molar-refractivity contribution in [3.8, 4) is 0 Å². The number of ether oxygens (including phenoxy) is 1. The molecule has 0 radical (unpaired) electrons. The van der Waals surface area contributed by atoms with Crippen LogP contribution in [-0.4, -0.2) is 23.5 Å². The normalized spacial score (nSPS) is 11.6. The van der Waals surface area contributed by atoms with Crippen molar-refractivity contribution in [3.63, 3.8) is 0 Å². The molecule has 3 aromatic rings. The van der Waals surface area contributed by atoms with Crippen LogP contribution in [0, 0.1) is 0 Å². The van der Waals surface area contributed by atoms with E-state index in [0.29, 0.717) is 0 Å². The number of benzene rings is 2.